The quantitative estimate of drug-likeness (QED) is 0.837. The van der Waals surface area contributed by atoms with Gasteiger partial charge in [0, 0.05) is 5.69 Å². The van der Waals surface area contributed by atoms with E-state index in [0.717, 1.165) is 5.69 Å². The standard InChI is InChI=1S/C12H16N2O3S/c13-11(15)12(6-8-18(16,17)9-7-12)14-10-4-2-1-3-5-10/h1-5,14H,6-9H2,(H2,13,15). The first-order valence-corrected chi connectivity index (χ1v) is 7.59. The zero-order valence-corrected chi connectivity index (χ0v) is 10.7. The van der Waals surface area contributed by atoms with Gasteiger partial charge in [0.25, 0.3) is 0 Å². The molecule has 0 saturated carbocycles. The summed E-state index contributed by atoms with van der Waals surface area (Å²) >= 11 is 0. The Morgan fingerprint density at radius 3 is 2.22 bits per heavy atom. The average Bonchev–Trinajstić information content (AvgIpc) is 2.33. The molecule has 1 aliphatic rings. The Morgan fingerprint density at radius 2 is 1.72 bits per heavy atom. The molecule has 3 N–H and O–H groups in total. The molecule has 6 heteroatoms. The van der Waals surface area contributed by atoms with Crippen molar-refractivity contribution in [2.24, 2.45) is 5.73 Å². The molecular formula is C12H16N2O3S. The molecule has 1 fully saturated rings. The monoisotopic (exact) mass is 268 g/mol. The molecule has 2 rings (SSSR count). The number of sulfone groups is 1. The Balaban J connectivity index is 2.22. The minimum Gasteiger partial charge on any atom is -0.371 e. The number of hydrogen-bond donors (Lipinski definition) is 2. The number of nitrogens with one attached hydrogen (secondary N) is 1. The highest BCUT2D eigenvalue weighted by Crippen LogP contribution is 2.28. The molecule has 1 heterocycles. The molecule has 5 nitrogen and oxygen atoms in total. The van der Waals surface area contributed by atoms with Crippen molar-refractivity contribution >= 4 is 21.4 Å². The number of primary amides is 1. The van der Waals surface area contributed by atoms with Crippen molar-refractivity contribution in [1.29, 1.82) is 0 Å². The first kappa shape index (κ1) is 12.9. The minimum atomic E-state index is -3.03. The second-order valence-corrected chi connectivity index (χ2v) is 6.89. The number of carbonyl (C=O) groups is 1. The third kappa shape index (κ3) is 2.64. The van der Waals surface area contributed by atoms with Crippen LogP contribution in [0.15, 0.2) is 30.3 Å². The zero-order valence-electron chi connectivity index (χ0n) is 9.93. The topological polar surface area (TPSA) is 89.3 Å². The number of amides is 1. The smallest absolute Gasteiger partial charge is 0.243 e. The lowest BCUT2D eigenvalue weighted by atomic mass is 9.91. The molecule has 1 aromatic carbocycles. The molecule has 1 aliphatic heterocycles. The average molecular weight is 268 g/mol. The Morgan fingerprint density at radius 1 is 1.17 bits per heavy atom. The van der Waals surface area contributed by atoms with E-state index >= 15 is 0 Å². The number of hydrogen-bond acceptors (Lipinski definition) is 4. The van der Waals surface area contributed by atoms with E-state index in [0.29, 0.717) is 0 Å². The number of anilines is 1. The molecule has 0 bridgehead atoms. The van der Waals surface area contributed by atoms with Crippen molar-refractivity contribution in [3.05, 3.63) is 30.3 Å². The van der Waals surface area contributed by atoms with Crippen LogP contribution in [-0.4, -0.2) is 31.4 Å². The van der Waals surface area contributed by atoms with Gasteiger partial charge in [-0.1, -0.05) is 18.2 Å². The molecule has 0 aliphatic carbocycles. The molecule has 98 valence electrons. The van der Waals surface area contributed by atoms with Crippen LogP contribution in [0, 0.1) is 0 Å². The normalized spacial score (nSPS) is 21.1. The van der Waals surface area contributed by atoms with Crippen LogP contribution in [-0.2, 0) is 14.6 Å². The Bertz CT molecular complexity index is 526. The van der Waals surface area contributed by atoms with Crippen LogP contribution in [0.25, 0.3) is 0 Å². The summed E-state index contributed by atoms with van der Waals surface area (Å²) in [6.45, 7) is 0. The van der Waals surface area contributed by atoms with Crippen LogP contribution >= 0.6 is 0 Å². The Labute approximate surface area is 106 Å². The van der Waals surface area contributed by atoms with Gasteiger partial charge in [-0.2, -0.15) is 0 Å². The molecule has 0 aromatic heterocycles. The number of para-hydroxylation sites is 1. The van der Waals surface area contributed by atoms with Gasteiger partial charge in [0.05, 0.1) is 11.5 Å². The highest BCUT2D eigenvalue weighted by atomic mass is 32.2. The fourth-order valence-electron chi connectivity index (χ4n) is 2.12. The predicted octanol–water partition coefficient (Wildman–Crippen LogP) is 0.531. The lowest BCUT2D eigenvalue weighted by Crippen LogP contribution is -2.55. The maximum Gasteiger partial charge on any atom is 0.243 e. The lowest BCUT2D eigenvalue weighted by Gasteiger charge is -2.35. The van der Waals surface area contributed by atoms with Gasteiger partial charge in [-0.3, -0.25) is 4.79 Å². The number of rotatable bonds is 3. The van der Waals surface area contributed by atoms with Gasteiger partial charge in [-0.25, -0.2) is 8.42 Å². The van der Waals surface area contributed by atoms with Crippen LogP contribution in [0.1, 0.15) is 12.8 Å². The molecule has 1 saturated heterocycles. The zero-order chi connectivity index (χ0) is 13.2. The molecule has 1 aromatic rings. The summed E-state index contributed by atoms with van der Waals surface area (Å²) in [7, 11) is -3.03. The van der Waals surface area contributed by atoms with E-state index in [-0.39, 0.29) is 24.3 Å². The van der Waals surface area contributed by atoms with Gasteiger partial charge >= 0.3 is 0 Å². The van der Waals surface area contributed by atoms with E-state index in [1.165, 1.54) is 0 Å². The van der Waals surface area contributed by atoms with Crippen molar-refractivity contribution in [2.75, 3.05) is 16.8 Å². The highest BCUT2D eigenvalue weighted by molar-refractivity contribution is 7.91. The van der Waals surface area contributed by atoms with Crippen molar-refractivity contribution in [3.63, 3.8) is 0 Å². The second kappa shape index (κ2) is 4.61. The molecule has 18 heavy (non-hydrogen) atoms. The SMILES string of the molecule is NC(=O)C1(Nc2ccccc2)CCS(=O)(=O)CC1. The van der Waals surface area contributed by atoms with E-state index < -0.39 is 21.3 Å². The summed E-state index contributed by atoms with van der Waals surface area (Å²) in [4.78, 5) is 11.7. The molecule has 0 unspecified atom stereocenters. The van der Waals surface area contributed by atoms with Crippen LogP contribution in [0.5, 0.6) is 0 Å². The largest absolute Gasteiger partial charge is 0.371 e. The third-order valence-electron chi connectivity index (χ3n) is 3.31. The van der Waals surface area contributed by atoms with Crippen LogP contribution in [0.3, 0.4) is 0 Å². The van der Waals surface area contributed by atoms with Gasteiger partial charge < -0.3 is 11.1 Å². The van der Waals surface area contributed by atoms with Gasteiger partial charge in [0.2, 0.25) is 5.91 Å². The van der Waals surface area contributed by atoms with Crippen molar-refractivity contribution in [1.82, 2.24) is 0 Å². The number of carbonyl (C=O) groups excluding carboxylic acids is 1. The molecule has 0 spiro atoms. The molecular weight excluding hydrogens is 252 g/mol. The highest BCUT2D eigenvalue weighted by Gasteiger charge is 2.42. The summed E-state index contributed by atoms with van der Waals surface area (Å²) in [5.41, 5.74) is 5.26. The molecule has 1 amide bonds. The molecule has 0 radical (unpaired) electrons. The summed E-state index contributed by atoms with van der Waals surface area (Å²) in [6.07, 6.45) is 0.444. The Kier molecular flexibility index (Phi) is 3.30. The second-order valence-electron chi connectivity index (χ2n) is 4.59. The summed E-state index contributed by atoms with van der Waals surface area (Å²) in [5.74, 6) is -0.507. The maximum atomic E-state index is 11.7. The number of nitrogens with two attached hydrogens (primary N) is 1. The fraction of sp³-hybridized carbons (Fsp3) is 0.417. The van der Waals surface area contributed by atoms with Gasteiger partial charge in [0.15, 0.2) is 9.84 Å². The first-order valence-electron chi connectivity index (χ1n) is 5.77. The first-order chi connectivity index (χ1) is 8.44. The fourth-order valence-corrected chi connectivity index (χ4v) is 3.64. The third-order valence-corrected chi connectivity index (χ3v) is 4.96. The van der Waals surface area contributed by atoms with Crippen LogP contribution in [0.4, 0.5) is 5.69 Å². The maximum absolute atomic E-state index is 11.7. The van der Waals surface area contributed by atoms with Crippen LogP contribution < -0.4 is 11.1 Å². The van der Waals surface area contributed by atoms with Crippen molar-refractivity contribution < 1.29 is 13.2 Å². The minimum absolute atomic E-state index is 0.00419. The Hall–Kier alpha value is -1.56. The lowest BCUT2D eigenvalue weighted by molar-refractivity contribution is -0.122. The van der Waals surface area contributed by atoms with E-state index in [2.05, 4.69) is 5.32 Å². The van der Waals surface area contributed by atoms with E-state index in [1.807, 2.05) is 30.3 Å². The summed E-state index contributed by atoms with van der Waals surface area (Å²) < 4.78 is 22.9. The summed E-state index contributed by atoms with van der Waals surface area (Å²) in [5, 5.41) is 3.09. The van der Waals surface area contributed by atoms with Crippen molar-refractivity contribution in [2.45, 2.75) is 18.4 Å². The van der Waals surface area contributed by atoms with Crippen molar-refractivity contribution in [3.8, 4) is 0 Å². The number of benzene rings is 1. The predicted molar refractivity (Wildman–Crippen MR) is 69.9 cm³/mol. The van der Waals surface area contributed by atoms with Gasteiger partial charge in [-0.15, -0.1) is 0 Å². The molecule has 0 atom stereocenters. The van der Waals surface area contributed by atoms with E-state index in [4.69, 9.17) is 5.73 Å². The van der Waals surface area contributed by atoms with Crippen LogP contribution in [0.2, 0.25) is 0 Å². The van der Waals surface area contributed by atoms with E-state index in [1.54, 1.807) is 0 Å². The van der Waals surface area contributed by atoms with E-state index in [9.17, 15) is 13.2 Å². The summed E-state index contributed by atoms with van der Waals surface area (Å²) in [6, 6.07) is 9.21. The van der Waals surface area contributed by atoms with Gasteiger partial charge in [-0.05, 0) is 25.0 Å². The van der Waals surface area contributed by atoms with Gasteiger partial charge in [0.1, 0.15) is 5.54 Å².